The molecule has 0 heterocycles. The highest BCUT2D eigenvalue weighted by molar-refractivity contribution is 4.54. The topological polar surface area (TPSA) is 24.5 Å². The molecule has 0 aromatic rings. The molecule has 0 aromatic heterocycles. The summed E-state index contributed by atoms with van der Waals surface area (Å²) >= 11 is 0. The molecule has 1 unspecified atom stereocenters. The first-order valence-corrected chi connectivity index (χ1v) is 5.10. The highest BCUT2D eigenvalue weighted by Gasteiger charge is 2.00. The van der Waals surface area contributed by atoms with E-state index < -0.39 is 0 Å². The molecule has 3 heteroatoms. The molecular weight excluding hydrogens is 164 g/mol. The Hall–Kier alpha value is -0.120. The Morgan fingerprint density at radius 1 is 1.38 bits per heavy atom. The minimum Gasteiger partial charge on any atom is -0.380 e. The summed E-state index contributed by atoms with van der Waals surface area (Å²) in [5.74, 6) is 0.613. The Balaban J connectivity index is 3.12. The van der Waals surface area contributed by atoms with E-state index in [9.17, 15) is 0 Å². The Morgan fingerprint density at radius 2 is 2.08 bits per heavy atom. The number of nitrogens with zero attached hydrogens (tertiary/aromatic N) is 1. The lowest BCUT2D eigenvalue weighted by Crippen LogP contribution is -2.25. The van der Waals surface area contributed by atoms with Crippen molar-refractivity contribution in [3.8, 4) is 0 Å². The molecule has 0 aliphatic heterocycles. The Kier molecular flexibility index (Phi) is 8.40. The van der Waals surface area contributed by atoms with Crippen LogP contribution in [0.4, 0.5) is 0 Å². The van der Waals surface area contributed by atoms with Gasteiger partial charge in [-0.25, -0.2) is 0 Å². The van der Waals surface area contributed by atoms with Crippen molar-refractivity contribution in [3.05, 3.63) is 0 Å². The maximum absolute atomic E-state index is 5.52. The summed E-state index contributed by atoms with van der Waals surface area (Å²) < 4.78 is 5.52. The Labute approximate surface area is 82.4 Å². The molecule has 0 radical (unpaired) electrons. The lowest BCUT2D eigenvalue weighted by Gasteiger charge is -2.14. The molecule has 13 heavy (non-hydrogen) atoms. The minimum atomic E-state index is 0.613. The Morgan fingerprint density at radius 3 is 2.62 bits per heavy atom. The van der Waals surface area contributed by atoms with Crippen LogP contribution in [0.5, 0.6) is 0 Å². The van der Waals surface area contributed by atoms with E-state index in [2.05, 4.69) is 38.2 Å². The molecule has 0 rings (SSSR count). The fourth-order valence-electron chi connectivity index (χ4n) is 0.981. The molecule has 0 saturated heterocycles. The van der Waals surface area contributed by atoms with Crippen LogP contribution in [0.1, 0.15) is 13.8 Å². The standard InChI is InChI=1S/C10H24N2O/c1-5-11-8-10(2)9-13-7-6-12(3)4/h10-11H,5-9H2,1-4H3. The molecule has 0 bridgehead atoms. The van der Waals surface area contributed by atoms with Crippen molar-refractivity contribution in [2.45, 2.75) is 13.8 Å². The number of nitrogens with one attached hydrogen (secondary N) is 1. The van der Waals surface area contributed by atoms with Gasteiger partial charge in [0.05, 0.1) is 13.2 Å². The summed E-state index contributed by atoms with van der Waals surface area (Å²) in [5.41, 5.74) is 0. The second-order valence-corrected chi connectivity index (χ2v) is 3.79. The van der Waals surface area contributed by atoms with Crippen molar-refractivity contribution in [2.24, 2.45) is 5.92 Å². The van der Waals surface area contributed by atoms with Gasteiger partial charge in [0.2, 0.25) is 0 Å². The number of likely N-dealkylation sites (N-methyl/N-ethyl adjacent to an activating group) is 1. The van der Waals surface area contributed by atoms with Crippen molar-refractivity contribution in [1.29, 1.82) is 0 Å². The van der Waals surface area contributed by atoms with Crippen LogP contribution in [0.2, 0.25) is 0 Å². The molecular formula is C10H24N2O. The number of hydrogen-bond donors (Lipinski definition) is 1. The number of ether oxygens (including phenoxy) is 1. The fraction of sp³-hybridized carbons (Fsp3) is 1.00. The quantitative estimate of drug-likeness (QED) is 0.571. The maximum Gasteiger partial charge on any atom is 0.0593 e. The van der Waals surface area contributed by atoms with Crippen LogP contribution in [0.25, 0.3) is 0 Å². The zero-order valence-electron chi connectivity index (χ0n) is 9.47. The van der Waals surface area contributed by atoms with Crippen LogP contribution in [-0.2, 0) is 4.74 Å². The largest absolute Gasteiger partial charge is 0.380 e. The van der Waals surface area contributed by atoms with Crippen molar-refractivity contribution >= 4 is 0 Å². The third-order valence-corrected chi connectivity index (χ3v) is 1.83. The highest BCUT2D eigenvalue weighted by atomic mass is 16.5. The van der Waals surface area contributed by atoms with E-state index in [4.69, 9.17) is 4.74 Å². The average molecular weight is 188 g/mol. The predicted octanol–water partition coefficient (Wildman–Crippen LogP) is 0.810. The second kappa shape index (κ2) is 8.48. The summed E-state index contributed by atoms with van der Waals surface area (Å²) in [4.78, 5) is 2.13. The van der Waals surface area contributed by atoms with E-state index in [1.807, 2.05) is 0 Å². The van der Waals surface area contributed by atoms with E-state index in [1.54, 1.807) is 0 Å². The van der Waals surface area contributed by atoms with Gasteiger partial charge in [0.1, 0.15) is 0 Å². The van der Waals surface area contributed by atoms with Crippen LogP contribution in [-0.4, -0.2) is 51.8 Å². The van der Waals surface area contributed by atoms with E-state index in [0.29, 0.717) is 5.92 Å². The van der Waals surface area contributed by atoms with Crippen LogP contribution < -0.4 is 5.32 Å². The third kappa shape index (κ3) is 9.80. The van der Waals surface area contributed by atoms with Gasteiger partial charge in [-0.2, -0.15) is 0 Å². The average Bonchev–Trinajstić information content (AvgIpc) is 2.08. The summed E-state index contributed by atoms with van der Waals surface area (Å²) in [6.07, 6.45) is 0. The van der Waals surface area contributed by atoms with Crippen molar-refractivity contribution < 1.29 is 4.74 Å². The SMILES string of the molecule is CCNCC(C)COCCN(C)C. The van der Waals surface area contributed by atoms with Gasteiger partial charge in [-0.1, -0.05) is 13.8 Å². The molecule has 0 aliphatic rings. The molecule has 0 spiro atoms. The first-order chi connectivity index (χ1) is 6.16. The van der Waals surface area contributed by atoms with Crippen molar-refractivity contribution in [1.82, 2.24) is 10.2 Å². The smallest absolute Gasteiger partial charge is 0.0593 e. The Bertz CT molecular complexity index is 107. The lowest BCUT2D eigenvalue weighted by atomic mass is 10.2. The first-order valence-electron chi connectivity index (χ1n) is 5.10. The van der Waals surface area contributed by atoms with Crippen LogP contribution >= 0.6 is 0 Å². The van der Waals surface area contributed by atoms with E-state index >= 15 is 0 Å². The summed E-state index contributed by atoms with van der Waals surface area (Å²) in [7, 11) is 4.12. The zero-order chi connectivity index (χ0) is 10.1. The molecule has 1 N–H and O–H groups in total. The molecule has 0 aliphatic carbocycles. The van der Waals surface area contributed by atoms with Gasteiger partial charge < -0.3 is 15.0 Å². The number of rotatable bonds is 8. The van der Waals surface area contributed by atoms with E-state index in [-0.39, 0.29) is 0 Å². The summed E-state index contributed by atoms with van der Waals surface area (Å²) in [6.45, 7) is 9.14. The third-order valence-electron chi connectivity index (χ3n) is 1.83. The van der Waals surface area contributed by atoms with E-state index in [0.717, 1.165) is 32.8 Å². The highest BCUT2D eigenvalue weighted by Crippen LogP contribution is 1.93. The van der Waals surface area contributed by atoms with E-state index in [1.165, 1.54) is 0 Å². The monoisotopic (exact) mass is 188 g/mol. The van der Waals surface area contributed by atoms with Crippen molar-refractivity contribution in [2.75, 3.05) is 46.9 Å². The molecule has 0 amide bonds. The summed E-state index contributed by atoms with van der Waals surface area (Å²) in [6, 6.07) is 0. The number of hydrogen-bond acceptors (Lipinski definition) is 3. The normalized spacial score (nSPS) is 13.6. The molecule has 0 fully saturated rings. The molecule has 0 aromatic carbocycles. The lowest BCUT2D eigenvalue weighted by molar-refractivity contribution is 0.0918. The second-order valence-electron chi connectivity index (χ2n) is 3.79. The molecule has 80 valence electrons. The van der Waals surface area contributed by atoms with Crippen LogP contribution in [0.15, 0.2) is 0 Å². The maximum atomic E-state index is 5.52. The zero-order valence-corrected chi connectivity index (χ0v) is 9.47. The van der Waals surface area contributed by atoms with Gasteiger partial charge in [-0.05, 0) is 33.1 Å². The summed E-state index contributed by atoms with van der Waals surface area (Å²) in [5, 5.41) is 3.31. The first kappa shape index (κ1) is 12.9. The van der Waals surface area contributed by atoms with Gasteiger partial charge in [-0.15, -0.1) is 0 Å². The van der Waals surface area contributed by atoms with Gasteiger partial charge in [-0.3, -0.25) is 0 Å². The van der Waals surface area contributed by atoms with Gasteiger partial charge in [0.25, 0.3) is 0 Å². The predicted molar refractivity (Wildman–Crippen MR) is 57.1 cm³/mol. The van der Waals surface area contributed by atoms with Crippen LogP contribution in [0, 0.1) is 5.92 Å². The van der Waals surface area contributed by atoms with Gasteiger partial charge >= 0.3 is 0 Å². The fourth-order valence-corrected chi connectivity index (χ4v) is 0.981. The molecule has 1 atom stereocenters. The molecule has 3 nitrogen and oxygen atoms in total. The van der Waals surface area contributed by atoms with Crippen molar-refractivity contribution in [3.63, 3.8) is 0 Å². The van der Waals surface area contributed by atoms with Crippen LogP contribution in [0.3, 0.4) is 0 Å². The van der Waals surface area contributed by atoms with Gasteiger partial charge in [0.15, 0.2) is 0 Å². The molecule has 0 saturated carbocycles. The van der Waals surface area contributed by atoms with Gasteiger partial charge in [0, 0.05) is 6.54 Å². The minimum absolute atomic E-state index is 0.613.